The minimum Gasteiger partial charge on any atom is -0.342 e. The molecule has 1 aromatic heterocycles. The predicted molar refractivity (Wildman–Crippen MR) is 94.2 cm³/mol. The molecule has 132 valence electrons. The average molecular weight is 342 g/mol. The molecule has 1 saturated heterocycles. The summed E-state index contributed by atoms with van der Waals surface area (Å²) in [6, 6.07) is 7.14. The van der Waals surface area contributed by atoms with Crippen molar-refractivity contribution in [2.75, 3.05) is 13.1 Å². The SMILES string of the molecule is NC1CCC2CN(C(=O)CCn3c(=O)[nH]c(=O)c4ccccc43)CC12. The van der Waals surface area contributed by atoms with Crippen molar-refractivity contribution in [2.24, 2.45) is 17.6 Å². The van der Waals surface area contributed by atoms with E-state index < -0.39 is 11.2 Å². The van der Waals surface area contributed by atoms with Crippen LogP contribution in [0.5, 0.6) is 0 Å². The van der Waals surface area contributed by atoms with Crippen LogP contribution in [0.25, 0.3) is 10.9 Å². The van der Waals surface area contributed by atoms with Gasteiger partial charge < -0.3 is 10.6 Å². The second kappa shape index (κ2) is 6.15. The lowest BCUT2D eigenvalue weighted by atomic mass is 9.98. The van der Waals surface area contributed by atoms with Crippen LogP contribution < -0.4 is 17.0 Å². The molecule has 25 heavy (non-hydrogen) atoms. The average Bonchev–Trinajstić information content (AvgIpc) is 3.17. The number of aryl methyl sites for hydroxylation is 1. The maximum Gasteiger partial charge on any atom is 0.328 e. The van der Waals surface area contributed by atoms with Gasteiger partial charge in [0.15, 0.2) is 0 Å². The number of amides is 1. The van der Waals surface area contributed by atoms with Crippen molar-refractivity contribution in [1.29, 1.82) is 0 Å². The molecule has 1 aromatic carbocycles. The van der Waals surface area contributed by atoms with E-state index in [-0.39, 0.29) is 24.9 Å². The number of nitrogens with two attached hydrogens (primary N) is 1. The Bertz CT molecular complexity index is 932. The maximum absolute atomic E-state index is 12.6. The number of fused-ring (bicyclic) bond motifs is 2. The molecule has 3 unspecified atom stereocenters. The second-order valence-electron chi connectivity index (χ2n) is 7.14. The largest absolute Gasteiger partial charge is 0.342 e. The maximum atomic E-state index is 12.6. The molecule has 7 nitrogen and oxygen atoms in total. The number of hydrogen-bond acceptors (Lipinski definition) is 4. The minimum atomic E-state index is -0.475. The first-order chi connectivity index (χ1) is 12.0. The van der Waals surface area contributed by atoms with Crippen LogP contribution in [0.15, 0.2) is 33.9 Å². The van der Waals surface area contributed by atoms with Gasteiger partial charge in [0.25, 0.3) is 5.56 Å². The third kappa shape index (κ3) is 2.78. The predicted octanol–water partition coefficient (Wildman–Crippen LogP) is 0.276. The standard InChI is InChI=1S/C18H22N4O3/c19-14-6-5-11-9-21(10-13(11)14)16(23)7-8-22-15-4-2-1-3-12(15)17(24)20-18(22)25/h1-4,11,13-14H,5-10,19H2,(H,20,24,25). The number of carbonyl (C=O) groups is 1. The molecule has 0 bridgehead atoms. The summed E-state index contributed by atoms with van der Waals surface area (Å²) in [6.45, 7) is 1.76. The van der Waals surface area contributed by atoms with Crippen molar-refractivity contribution < 1.29 is 4.79 Å². The number of H-pyrrole nitrogens is 1. The Balaban J connectivity index is 1.51. The lowest BCUT2D eigenvalue weighted by Gasteiger charge is -2.19. The van der Waals surface area contributed by atoms with Crippen molar-refractivity contribution in [2.45, 2.75) is 31.8 Å². The van der Waals surface area contributed by atoms with E-state index in [0.29, 0.717) is 22.7 Å². The zero-order valence-electron chi connectivity index (χ0n) is 14.0. The summed E-state index contributed by atoms with van der Waals surface area (Å²) < 4.78 is 1.47. The van der Waals surface area contributed by atoms with E-state index in [1.807, 2.05) is 4.90 Å². The van der Waals surface area contributed by atoms with Gasteiger partial charge in [-0.2, -0.15) is 0 Å². The third-order valence-corrected chi connectivity index (χ3v) is 5.72. The van der Waals surface area contributed by atoms with E-state index in [1.54, 1.807) is 24.3 Å². The lowest BCUT2D eigenvalue weighted by molar-refractivity contribution is -0.130. The summed E-state index contributed by atoms with van der Waals surface area (Å²) in [6.07, 6.45) is 2.39. The molecule has 2 heterocycles. The van der Waals surface area contributed by atoms with Crippen molar-refractivity contribution in [3.8, 4) is 0 Å². The summed E-state index contributed by atoms with van der Waals surface area (Å²) >= 11 is 0. The van der Waals surface area contributed by atoms with Crippen molar-refractivity contribution in [1.82, 2.24) is 14.5 Å². The molecule has 2 aromatic rings. The summed E-state index contributed by atoms with van der Waals surface area (Å²) in [4.78, 5) is 40.8. The van der Waals surface area contributed by atoms with Gasteiger partial charge in [-0.3, -0.25) is 19.1 Å². The van der Waals surface area contributed by atoms with Crippen LogP contribution in [0.4, 0.5) is 0 Å². The Labute approximate surface area is 144 Å². The first-order valence-electron chi connectivity index (χ1n) is 8.80. The topological polar surface area (TPSA) is 101 Å². The Morgan fingerprint density at radius 2 is 2.00 bits per heavy atom. The Morgan fingerprint density at radius 3 is 2.80 bits per heavy atom. The molecule has 7 heteroatoms. The number of likely N-dealkylation sites (tertiary alicyclic amines) is 1. The summed E-state index contributed by atoms with van der Waals surface area (Å²) in [5.74, 6) is 0.986. The van der Waals surface area contributed by atoms with Gasteiger partial charge in [0, 0.05) is 32.1 Å². The van der Waals surface area contributed by atoms with E-state index >= 15 is 0 Å². The van der Waals surface area contributed by atoms with E-state index in [9.17, 15) is 14.4 Å². The smallest absolute Gasteiger partial charge is 0.328 e. The molecule has 0 radical (unpaired) electrons. The highest BCUT2D eigenvalue weighted by Crippen LogP contribution is 2.37. The molecule has 3 N–H and O–H groups in total. The van der Waals surface area contributed by atoms with Crippen molar-refractivity contribution >= 4 is 16.8 Å². The highest BCUT2D eigenvalue weighted by Gasteiger charge is 2.42. The Hall–Kier alpha value is -2.41. The number of aromatic nitrogens is 2. The molecule has 1 aliphatic heterocycles. The fourth-order valence-electron chi connectivity index (χ4n) is 4.34. The molecule has 1 amide bonds. The first-order valence-corrected chi connectivity index (χ1v) is 8.80. The number of hydrogen-bond donors (Lipinski definition) is 2. The van der Waals surface area contributed by atoms with Crippen molar-refractivity contribution in [3.05, 3.63) is 45.1 Å². The van der Waals surface area contributed by atoms with E-state index in [0.717, 1.165) is 25.9 Å². The number of rotatable bonds is 3. The van der Waals surface area contributed by atoms with Crippen LogP contribution in [0.1, 0.15) is 19.3 Å². The molecule has 2 fully saturated rings. The fourth-order valence-corrected chi connectivity index (χ4v) is 4.34. The Morgan fingerprint density at radius 1 is 1.20 bits per heavy atom. The molecule has 1 saturated carbocycles. The molecular weight excluding hydrogens is 320 g/mol. The highest BCUT2D eigenvalue weighted by atomic mass is 16.2. The Kier molecular flexibility index (Phi) is 3.95. The van der Waals surface area contributed by atoms with E-state index in [1.165, 1.54) is 4.57 Å². The fraction of sp³-hybridized carbons (Fsp3) is 0.500. The lowest BCUT2D eigenvalue weighted by Crippen LogP contribution is -2.35. The van der Waals surface area contributed by atoms with E-state index in [4.69, 9.17) is 5.73 Å². The zero-order chi connectivity index (χ0) is 17.6. The molecule has 2 aliphatic rings. The quantitative estimate of drug-likeness (QED) is 0.836. The summed E-state index contributed by atoms with van der Waals surface area (Å²) in [5.41, 5.74) is 5.81. The molecule has 1 aliphatic carbocycles. The third-order valence-electron chi connectivity index (χ3n) is 5.72. The van der Waals surface area contributed by atoms with Gasteiger partial charge in [0.05, 0.1) is 10.9 Å². The van der Waals surface area contributed by atoms with Gasteiger partial charge in [-0.25, -0.2) is 4.79 Å². The second-order valence-corrected chi connectivity index (χ2v) is 7.14. The number of para-hydroxylation sites is 1. The number of aromatic amines is 1. The van der Waals surface area contributed by atoms with E-state index in [2.05, 4.69) is 4.98 Å². The van der Waals surface area contributed by atoms with Gasteiger partial charge in [-0.1, -0.05) is 12.1 Å². The molecule has 0 spiro atoms. The first kappa shape index (κ1) is 16.1. The summed E-state index contributed by atoms with van der Waals surface area (Å²) in [7, 11) is 0. The zero-order valence-corrected chi connectivity index (χ0v) is 14.0. The molecular formula is C18H22N4O3. The van der Waals surface area contributed by atoms with Gasteiger partial charge in [0.1, 0.15) is 0 Å². The van der Waals surface area contributed by atoms with Crippen LogP contribution in [0, 0.1) is 11.8 Å². The van der Waals surface area contributed by atoms with Crippen LogP contribution in [-0.2, 0) is 11.3 Å². The number of nitrogens with one attached hydrogen (secondary N) is 1. The normalized spacial score (nSPS) is 25.5. The number of nitrogens with zero attached hydrogens (tertiary/aromatic N) is 2. The number of carbonyl (C=O) groups excluding carboxylic acids is 1. The van der Waals surface area contributed by atoms with Gasteiger partial charge >= 0.3 is 5.69 Å². The van der Waals surface area contributed by atoms with Gasteiger partial charge in [-0.05, 0) is 36.8 Å². The van der Waals surface area contributed by atoms with Crippen LogP contribution in [-0.4, -0.2) is 39.5 Å². The van der Waals surface area contributed by atoms with Crippen molar-refractivity contribution in [3.63, 3.8) is 0 Å². The van der Waals surface area contributed by atoms with Crippen LogP contribution in [0.2, 0.25) is 0 Å². The van der Waals surface area contributed by atoms with Crippen LogP contribution in [0.3, 0.4) is 0 Å². The van der Waals surface area contributed by atoms with Crippen LogP contribution >= 0.6 is 0 Å². The highest BCUT2D eigenvalue weighted by molar-refractivity contribution is 5.79. The monoisotopic (exact) mass is 342 g/mol. The molecule has 3 atom stereocenters. The van der Waals surface area contributed by atoms with Gasteiger partial charge in [-0.15, -0.1) is 0 Å². The molecule has 4 rings (SSSR count). The van der Waals surface area contributed by atoms with Gasteiger partial charge in [0.2, 0.25) is 5.91 Å². The summed E-state index contributed by atoms with van der Waals surface area (Å²) in [5, 5.41) is 0.455. The minimum absolute atomic E-state index is 0.0452. The number of benzene rings is 1.